The molecule has 6 rings (SSSR count). The minimum atomic E-state index is -2.05. The summed E-state index contributed by atoms with van der Waals surface area (Å²) in [5.74, 6) is -7.85. The summed E-state index contributed by atoms with van der Waals surface area (Å²) in [5, 5.41) is 67.3. The Morgan fingerprint density at radius 2 is 1.63 bits per heavy atom. The average Bonchev–Trinajstić information content (AvgIpc) is 3.49. The van der Waals surface area contributed by atoms with Crippen molar-refractivity contribution >= 4 is 40.3 Å². The molecular weight excluding hydrogens is 801 g/mol. The normalized spacial score (nSPS) is 30.7. The Kier molecular flexibility index (Phi) is 15.0. The summed E-state index contributed by atoms with van der Waals surface area (Å²) in [6.07, 6.45) is 4.90. The molecule has 6 N–H and O–H groups in total. The third-order valence-electron chi connectivity index (χ3n) is 12.4. The van der Waals surface area contributed by atoms with Crippen molar-refractivity contribution in [1.82, 2.24) is 9.91 Å². The number of esters is 1. The number of nitrogens with one attached hydrogen (secondary N) is 1. The average molecular weight is 865 g/mol. The smallest absolute Gasteiger partial charge is 0.312 e. The summed E-state index contributed by atoms with van der Waals surface area (Å²) in [5.41, 5.74) is -0.335. The number of nitrogens with zero attached hydrogens (tertiary/aromatic N) is 3. The molecule has 1 amide bonds. The Balaban J connectivity index is 1.68. The summed E-state index contributed by atoms with van der Waals surface area (Å²) in [4.78, 5) is 43.0. The van der Waals surface area contributed by atoms with Gasteiger partial charge in [0.15, 0.2) is 5.75 Å². The molecule has 5 bridgehead atoms. The highest BCUT2D eigenvalue weighted by molar-refractivity contribution is 6.23. The molecule has 1 saturated heterocycles. The number of hydrogen-bond donors (Lipinski definition) is 6. The first kappa shape index (κ1) is 47.9. The third-order valence-corrected chi connectivity index (χ3v) is 12.4. The van der Waals surface area contributed by atoms with Gasteiger partial charge in [-0.15, -0.1) is 0 Å². The van der Waals surface area contributed by atoms with Crippen molar-refractivity contribution < 1.29 is 58.9 Å². The number of phenols is 3. The summed E-state index contributed by atoms with van der Waals surface area (Å²) < 4.78 is 23.7. The molecule has 0 saturated carbocycles. The zero-order valence-corrected chi connectivity index (χ0v) is 37.6. The van der Waals surface area contributed by atoms with E-state index in [-0.39, 0.29) is 44.5 Å². The van der Waals surface area contributed by atoms with E-state index in [4.69, 9.17) is 18.9 Å². The van der Waals surface area contributed by atoms with Crippen LogP contribution in [0, 0.1) is 36.5 Å². The fourth-order valence-electron chi connectivity index (χ4n) is 8.56. The zero-order chi connectivity index (χ0) is 46.0. The van der Waals surface area contributed by atoms with E-state index < -0.39 is 88.8 Å². The molecule has 0 unspecified atom stereocenters. The van der Waals surface area contributed by atoms with Crippen molar-refractivity contribution in [3.63, 3.8) is 0 Å². The number of Topliss-reactive ketones (excluding diaryl/α,β-unsaturated/α-hetero) is 1. The van der Waals surface area contributed by atoms with E-state index in [9.17, 15) is 39.9 Å². The zero-order valence-electron chi connectivity index (χ0n) is 37.6. The van der Waals surface area contributed by atoms with Gasteiger partial charge in [-0.1, -0.05) is 59.8 Å². The van der Waals surface area contributed by atoms with E-state index in [2.05, 4.69) is 29.2 Å². The number of hydrazone groups is 1. The number of fused-ring (bicyclic) bond motifs is 14. The molecule has 16 nitrogen and oxygen atoms in total. The number of ether oxygens (including phenoxy) is 4. The molecule has 2 aromatic rings. The van der Waals surface area contributed by atoms with Crippen molar-refractivity contribution in [2.75, 3.05) is 45.2 Å². The summed E-state index contributed by atoms with van der Waals surface area (Å²) in [6.45, 7) is 20.4. The first-order chi connectivity index (χ1) is 29.1. The van der Waals surface area contributed by atoms with E-state index in [0.29, 0.717) is 19.0 Å². The maximum atomic E-state index is 14.5. The number of piperazine rings is 1. The number of aromatic hydroxyl groups is 3. The highest BCUT2D eigenvalue weighted by Gasteiger charge is 2.50. The third kappa shape index (κ3) is 9.73. The Morgan fingerprint density at radius 3 is 2.24 bits per heavy atom. The lowest BCUT2D eigenvalue weighted by Crippen LogP contribution is -2.46. The number of carbonyl (C=O) groups excluding carboxylic acids is 3. The highest BCUT2D eigenvalue weighted by Crippen LogP contribution is 2.55. The minimum Gasteiger partial charge on any atom is -0.507 e. The standard InChI is InChI=1S/C46H64N4O12/c1-23(2)22-49-16-18-50(19-17-49)47-21-31-36-41(56)34-33(40(31)55)35-43(29(8)39(34)54)62-46(10,44(35)57)60-20-15-32(59-11)26(5)42(61-30(9)51)28(7)38(53)27(6)37(52)24(3)13-12-14-25(4)45(58)48-36/h12-15,20-21,23-24,26-28,32,37-38,42,52-56H,16-19,22H2,1-11H3,(H,48,58)/b13-12?,20-15-,25-14-,47-21+/t24-,26-,27+,28+,32-,37-,38+,42+,46-/m1/s1. The lowest BCUT2D eigenvalue weighted by Gasteiger charge is -2.38. The van der Waals surface area contributed by atoms with Gasteiger partial charge in [0.1, 0.15) is 23.4 Å². The van der Waals surface area contributed by atoms with Crippen LogP contribution in [0.4, 0.5) is 5.69 Å². The second-order valence-electron chi connectivity index (χ2n) is 17.5. The van der Waals surface area contributed by atoms with Gasteiger partial charge >= 0.3 is 11.8 Å². The molecule has 9 atom stereocenters. The molecule has 0 aliphatic carbocycles. The van der Waals surface area contributed by atoms with Crippen molar-refractivity contribution in [1.29, 1.82) is 0 Å². The SMILES string of the molecule is CO[C@@H]1/C=C\O[C@]2(C)Oc3c(C)c(O)c4c(O)c(c(/C=N/N5CCN(CC(C)C)CC5)c(O)c4c3C2=O)NC(=O)/C(C)=C\C=C[C@@H](C)[C@@H](O)[C@H](C)[C@H](O)[C@H](C)[C@@H](OC(C)=O)[C@@H]1C. The fourth-order valence-corrected chi connectivity index (χ4v) is 8.56. The number of anilines is 1. The van der Waals surface area contributed by atoms with Gasteiger partial charge in [0.05, 0.1) is 53.0 Å². The maximum Gasteiger partial charge on any atom is 0.312 e. The van der Waals surface area contributed by atoms with Crippen LogP contribution in [0.25, 0.3) is 10.8 Å². The number of aliphatic hydroxyl groups is 2. The number of allylic oxidation sites excluding steroid dienone is 2. The lowest BCUT2D eigenvalue weighted by atomic mass is 9.78. The Hall–Kier alpha value is -5.16. The molecule has 0 spiro atoms. The molecule has 340 valence electrons. The van der Waals surface area contributed by atoms with Crippen LogP contribution in [-0.4, -0.2) is 129 Å². The van der Waals surface area contributed by atoms with E-state index in [1.807, 2.05) is 0 Å². The van der Waals surface area contributed by atoms with Crippen LogP contribution in [0.2, 0.25) is 0 Å². The fraction of sp³-hybridized carbons (Fsp3) is 0.565. The number of ketones is 1. The molecule has 62 heavy (non-hydrogen) atoms. The van der Waals surface area contributed by atoms with Crippen molar-refractivity contribution in [2.24, 2.45) is 34.7 Å². The van der Waals surface area contributed by atoms with Gasteiger partial charge in [0, 0.05) is 93.9 Å². The quantitative estimate of drug-likeness (QED) is 0.0933. The predicted molar refractivity (Wildman–Crippen MR) is 234 cm³/mol. The van der Waals surface area contributed by atoms with E-state index >= 15 is 0 Å². The largest absolute Gasteiger partial charge is 0.507 e. The van der Waals surface area contributed by atoms with Crippen molar-refractivity contribution in [2.45, 2.75) is 99.4 Å². The molecule has 2 aromatic carbocycles. The van der Waals surface area contributed by atoms with Gasteiger partial charge in [0.2, 0.25) is 0 Å². The first-order valence-electron chi connectivity index (χ1n) is 21.2. The van der Waals surface area contributed by atoms with Crippen LogP contribution < -0.4 is 10.1 Å². The van der Waals surface area contributed by atoms with Crippen LogP contribution in [0.3, 0.4) is 0 Å². The van der Waals surface area contributed by atoms with Crippen LogP contribution in [0.1, 0.15) is 83.8 Å². The van der Waals surface area contributed by atoms with Gasteiger partial charge < -0.3 is 49.8 Å². The molecule has 4 aliphatic rings. The van der Waals surface area contributed by atoms with Gasteiger partial charge in [0.25, 0.3) is 11.7 Å². The number of benzene rings is 2. The molecule has 4 heterocycles. The van der Waals surface area contributed by atoms with E-state index in [0.717, 1.165) is 19.6 Å². The number of carbonyl (C=O) groups is 3. The Bertz CT molecular complexity index is 2140. The second kappa shape index (κ2) is 19.5. The van der Waals surface area contributed by atoms with E-state index in [1.54, 1.807) is 44.9 Å². The number of amides is 1. The summed E-state index contributed by atoms with van der Waals surface area (Å²) in [7, 11) is 1.44. The number of phenolic OH excluding ortho intramolecular Hbond substituents is 3. The Morgan fingerprint density at radius 1 is 0.968 bits per heavy atom. The first-order valence-corrected chi connectivity index (χ1v) is 21.2. The Labute approximate surface area is 363 Å². The summed E-state index contributed by atoms with van der Waals surface area (Å²) >= 11 is 0. The van der Waals surface area contributed by atoms with Crippen LogP contribution in [0.5, 0.6) is 23.0 Å². The summed E-state index contributed by atoms with van der Waals surface area (Å²) in [6, 6.07) is 0. The molecule has 16 heteroatoms. The molecule has 4 aliphatic heterocycles. The second-order valence-corrected chi connectivity index (χ2v) is 17.5. The van der Waals surface area contributed by atoms with E-state index in [1.165, 1.54) is 59.4 Å². The van der Waals surface area contributed by atoms with Gasteiger partial charge in [-0.25, -0.2) is 0 Å². The van der Waals surface area contributed by atoms with Gasteiger partial charge in [-0.3, -0.25) is 24.3 Å². The van der Waals surface area contributed by atoms with Crippen LogP contribution >= 0.6 is 0 Å². The number of hydrogen-bond acceptors (Lipinski definition) is 15. The highest BCUT2D eigenvalue weighted by atomic mass is 16.7. The van der Waals surface area contributed by atoms with Crippen molar-refractivity contribution in [3.8, 4) is 23.0 Å². The topological polar surface area (TPSA) is 220 Å². The van der Waals surface area contributed by atoms with Crippen LogP contribution in [0.15, 0.2) is 41.2 Å². The molecule has 0 radical (unpaired) electrons. The lowest BCUT2D eigenvalue weighted by molar-refractivity contribution is -0.160. The van der Waals surface area contributed by atoms with Gasteiger partial charge in [-0.05, 0) is 25.8 Å². The number of rotatable bonds is 6. The molecule has 1 fully saturated rings. The number of aliphatic hydroxyl groups excluding tert-OH is 2. The monoisotopic (exact) mass is 864 g/mol. The minimum absolute atomic E-state index is 0.0576. The van der Waals surface area contributed by atoms with Gasteiger partial charge in [-0.2, -0.15) is 5.10 Å². The number of methoxy groups -OCH3 is 1. The predicted octanol–water partition coefficient (Wildman–Crippen LogP) is 5.36. The van der Waals surface area contributed by atoms with Crippen LogP contribution in [-0.2, 0) is 23.8 Å². The molecule has 0 aromatic heterocycles. The van der Waals surface area contributed by atoms with Crippen molar-refractivity contribution in [3.05, 3.63) is 52.8 Å². The molecular formula is C46H64N4O12. The maximum absolute atomic E-state index is 14.5.